The molecule has 0 bridgehead atoms. The molecule has 9 heavy (non-hydrogen) atoms. The molecular formula is C8H17Na. The SMILES string of the molecule is CCCCCC[CH](C)[Na]. The molecule has 0 spiro atoms. The van der Waals surface area contributed by atoms with Gasteiger partial charge in [0.05, 0.1) is 0 Å². The first-order valence-electron chi connectivity index (χ1n) is 4.27. The molecule has 0 fully saturated rings. The van der Waals surface area contributed by atoms with Gasteiger partial charge < -0.3 is 0 Å². The zero-order valence-corrected chi connectivity index (χ0v) is 9.11. The fraction of sp³-hybridized carbons (Fsp3) is 1.00. The van der Waals surface area contributed by atoms with Crippen LogP contribution >= 0.6 is 0 Å². The Hall–Kier alpha value is 1.00. The topological polar surface area (TPSA) is 0 Å². The van der Waals surface area contributed by atoms with Crippen molar-refractivity contribution in [2.75, 3.05) is 0 Å². The molecule has 0 saturated heterocycles. The fourth-order valence-electron chi connectivity index (χ4n) is 0.979. The van der Waals surface area contributed by atoms with E-state index in [9.17, 15) is 0 Å². The second-order valence-electron chi connectivity index (χ2n) is 3.24. The summed E-state index contributed by atoms with van der Waals surface area (Å²) in [5.41, 5.74) is 0. The van der Waals surface area contributed by atoms with Gasteiger partial charge >= 0.3 is 77.0 Å². The molecule has 1 atom stereocenters. The van der Waals surface area contributed by atoms with E-state index in [0.717, 1.165) is 3.17 Å². The Morgan fingerprint density at radius 2 is 1.89 bits per heavy atom. The summed E-state index contributed by atoms with van der Waals surface area (Å²) in [6.07, 6.45) is 7.22. The average Bonchev–Trinajstić information content (AvgIpc) is 1.80. The molecule has 0 radical (unpaired) electrons. The number of hydrogen-bond donors (Lipinski definition) is 0. The Kier molecular flexibility index (Phi) is 7.90. The van der Waals surface area contributed by atoms with Crippen LogP contribution in [0.3, 0.4) is 0 Å². The van der Waals surface area contributed by atoms with E-state index in [1.54, 1.807) is 0 Å². The zero-order valence-electron chi connectivity index (χ0n) is 7.11. The third kappa shape index (κ3) is 9.00. The molecule has 0 rings (SSSR count). The first-order valence-corrected chi connectivity index (χ1v) is 5.42. The molecule has 1 heteroatoms. The first-order chi connectivity index (χ1) is 4.27. The molecule has 50 valence electrons. The Balaban J connectivity index is 2.75. The van der Waals surface area contributed by atoms with Crippen molar-refractivity contribution in [3.63, 3.8) is 0 Å². The molecule has 0 amide bonds. The van der Waals surface area contributed by atoms with Gasteiger partial charge in [0.25, 0.3) is 0 Å². The minimum atomic E-state index is 1.04. The van der Waals surface area contributed by atoms with E-state index in [1.807, 2.05) is 0 Å². The quantitative estimate of drug-likeness (QED) is 0.402. The van der Waals surface area contributed by atoms with E-state index < -0.39 is 0 Å². The number of rotatable bonds is 5. The molecule has 0 aliphatic carbocycles. The minimum absolute atomic E-state index is 1.04. The van der Waals surface area contributed by atoms with Crippen molar-refractivity contribution in [3.8, 4) is 0 Å². The molecule has 0 aliphatic heterocycles. The summed E-state index contributed by atoms with van der Waals surface area (Å²) in [7, 11) is 0. The van der Waals surface area contributed by atoms with Crippen LogP contribution in [0.2, 0.25) is 3.17 Å². The van der Waals surface area contributed by atoms with E-state index in [-0.39, 0.29) is 0 Å². The van der Waals surface area contributed by atoms with Gasteiger partial charge in [0, 0.05) is 0 Å². The van der Waals surface area contributed by atoms with Crippen LogP contribution in [0.15, 0.2) is 0 Å². The van der Waals surface area contributed by atoms with Crippen LogP contribution in [0.4, 0.5) is 0 Å². The number of hydrogen-bond acceptors (Lipinski definition) is 0. The molecule has 0 N–H and O–H groups in total. The van der Waals surface area contributed by atoms with Gasteiger partial charge in [0.15, 0.2) is 0 Å². The maximum atomic E-state index is 2.36. The number of unbranched alkanes of at least 4 members (excludes halogenated alkanes) is 3. The molecule has 0 aromatic carbocycles. The third-order valence-electron chi connectivity index (χ3n) is 1.64. The van der Waals surface area contributed by atoms with Crippen LogP contribution in [0.5, 0.6) is 0 Å². The Bertz CT molecular complexity index is 50.5. The summed E-state index contributed by atoms with van der Waals surface area (Å²) in [5, 5.41) is 0. The van der Waals surface area contributed by atoms with Crippen LogP contribution in [0.25, 0.3) is 0 Å². The van der Waals surface area contributed by atoms with Crippen molar-refractivity contribution in [2.24, 2.45) is 0 Å². The molecule has 0 aromatic rings. The third-order valence-corrected chi connectivity index (χ3v) is 2.21. The Labute approximate surface area is 76.8 Å². The normalized spacial score (nSPS) is 13.8. The predicted molar refractivity (Wildman–Crippen MR) is 43.9 cm³/mol. The average molecular weight is 136 g/mol. The van der Waals surface area contributed by atoms with Crippen molar-refractivity contribution in [1.29, 1.82) is 0 Å². The monoisotopic (exact) mass is 136 g/mol. The van der Waals surface area contributed by atoms with E-state index in [4.69, 9.17) is 0 Å². The van der Waals surface area contributed by atoms with Crippen LogP contribution in [-0.2, 0) is 0 Å². The second kappa shape index (κ2) is 7.11. The van der Waals surface area contributed by atoms with Crippen molar-refractivity contribution < 1.29 is 0 Å². The van der Waals surface area contributed by atoms with Crippen LogP contribution < -0.4 is 0 Å². The van der Waals surface area contributed by atoms with Crippen molar-refractivity contribution in [3.05, 3.63) is 0 Å². The summed E-state index contributed by atoms with van der Waals surface area (Å²) >= 11 is 1.39. The Morgan fingerprint density at radius 1 is 1.22 bits per heavy atom. The van der Waals surface area contributed by atoms with Crippen LogP contribution in [-0.4, -0.2) is 27.9 Å². The van der Waals surface area contributed by atoms with Crippen molar-refractivity contribution in [2.45, 2.75) is 49.1 Å². The van der Waals surface area contributed by atoms with Gasteiger partial charge in [-0.1, -0.05) is 0 Å². The fourth-order valence-corrected chi connectivity index (χ4v) is 1.39. The van der Waals surface area contributed by atoms with Gasteiger partial charge in [-0.25, -0.2) is 0 Å². The summed E-state index contributed by atoms with van der Waals surface area (Å²) < 4.78 is 1.04. The van der Waals surface area contributed by atoms with Crippen LogP contribution in [0, 0.1) is 0 Å². The van der Waals surface area contributed by atoms with Gasteiger partial charge in [0.1, 0.15) is 0 Å². The van der Waals surface area contributed by atoms with Crippen molar-refractivity contribution in [1.82, 2.24) is 0 Å². The summed E-state index contributed by atoms with van der Waals surface area (Å²) in [5.74, 6) is 0. The van der Waals surface area contributed by atoms with Gasteiger partial charge in [-0.05, 0) is 0 Å². The zero-order chi connectivity index (χ0) is 7.11. The van der Waals surface area contributed by atoms with Gasteiger partial charge in [0.2, 0.25) is 0 Å². The van der Waals surface area contributed by atoms with Gasteiger partial charge in [-0.15, -0.1) is 0 Å². The van der Waals surface area contributed by atoms with E-state index in [1.165, 1.54) is 60.0 Å². The maximum absolute atomic E-state index is 2.36. The van der Waals surface area contributed by atoms with Crippen LogP contribution in [0.1, 0.15) is 46.0 Å². The summed E-state index contributed by atoms with van der Waals surface area (Å²) in [4.78, 5) is 0. The molecule has 1 unspecified atom stereocenters. The molecule has 0 nitrogen and oxygen atoms in total. The summed E-state index contributed by atoms with van der Waals surface area (Å²) in [6.45, 7) is 4.63. The second-order valence-corrected chi connectivity index (χ2v) is 5.21. The molecule has 0 aliphatic rings. The predicted octanol–water partition coefficient (Wildman–Crippen LogP) is 2.93. The Morgan fingerprint density at radius 3 is 2.33 bits per heavy atom. The standard InChI is InChI=1S/C8H17.Na/c1-3-5-7-8-6-4-2;/h3H,4-8H2,1-2H3;. The molecular weight excluding hydrogens is 119 g/mol. The van der Waals surface area contributed by atoms with E-state index in [0.29, 0.717) is 0 Å². The van der Waals surface area contributed by atoms with E-state index in [2.05, 4.69) is 13.8 Å². The molecule has 0 aromatic heterocycles. The summed E-state index contributed by atoms with van der Waals surface area (Å²) in [6, 6.07) is 0. The van der Waals surface area contributed by atoms with Gasteiger partial charge in [-0.2, -0.15) is 0 Å². The first kappa shape index (κ1) is 10.0. The molecule has 0 saturated carbocycles. The molecule has 0 heterocycles. The van der Waals surface area contributed by atoms with Crippen molar-refractivity contribution >= 4 is 27.9 Å². The van der Waals surface area contributed by atoms with E-state index >= 15 is 0 Å². The van der Waals surface area contributed by atoms with Gasteiger partial charge in [-0.3, -0.25) is 0 Å².